The lowest BCUT2D eigenvalue weighted by Gasteiger charge is -2.03. The maximum atomic E-state index is 8.92. The first-order chi connectivity index (χ1) is 7.31. The molecular formula is C11H11N3O. The number of nitrogens with two attached hydrogens (primary N) is 1. The second-order valence-electron chi connectivity index (χ2n) is 3.13. The van der Waals surface area contributed by atoms with Crippen LogP contribution in [0.3, 0.4) is 0 Å². The number of hydrogen-bond donors (Lipinski definition) is 2. The third-order valence-electron chi connectivity index (χ3n) is 2.10. The lowest BCUT2D eigenvalue weighted by atomic mass is 10.2. The molecule has 0 aliphatic heterocycles. The normalized spacial score (nSPS) is 10.2. The molecular weight excluding hydrogens is 190 g/mol. The van der Waals surface area contributed by atoms with Crippen molar-refractivity contribution in [3.8, 4) is 11.4 Å². The van der Waals surface area contributed by atoms with Gasteiger partial charge in [-0.3, -0.25) is 0 Å². The number of aromatic nitrogens is 2. The summed E-state index contributed by atoms with van der Waals surface area (Å²) in [6.45, 7) is -0.138. The molecule has 4 nitrogen and oxygen atoms in total. The molecule has 0 saturated carbocycles. The van der Waals surface area contributed by atoms with Gasteiger partial charge in [0.15, 0.2) is 5.82 Å². The smallest absolute Gasteiger partial charge is 0.161 e. The molecule has 0 aliphatic carbocycles. The molecule has 15 heavy (non-hydrogen) atoms. The Labute approximate surface area is 87.4 Å². The van der Waals surface area contributed by atoms with Crippen LogP contribution in [0.4, 0.5) is 5.82 Å². The van der Waals surface area contributed by atoms with Gasteiger partial charge in [-0.05, 0) is 0 Å². The second-order valence-corrected chi connectivity index (χ2v) is 3.13. The number of nitrogen functional groups attached to an aromatic ring is 1. The zero-order valence-electron chi connectivity index (χ0n) is 8.09. The molecule has 0 radical (unpaired) electrons. The Balaban J connectivity index is 2.43. The summed E-state index contributed by atoms with van der Waals surface area (Å²) in [6, 6.07) is 9.57. The standard InChI is InChI=1S/C11H11N3O/c12-10-9(7-15)6-13-11(14-10)8-4-2-1-3-5-8/h1-6,15H,7H2,(H2,12,13,14). The SMILES string of the molecule is Nc1nc(-c2ccccc2)ncc1CO. The number of hydrogen-bond acceptors (Lipinski definition) is 4. The summed E-state index contributed by atoms with van der Waals surface area (Å²) in [6.07, 6.45) is 1.55. The second kappa shape index (κ2) is 4.06. The molecule has 1 aromatic heterocycles. The maximum Gasteiger partial charge on any atom is 0.161 e. The van der Waals surface area contributed by atoms with Gasteiger partial charge < -0.3 is 10.8 Å². The van der Waals surface area contributed by atoms with Crippen LogP contribution in [0.15, 0.2) is 36.5 Å². The van der Waals surface area contributed by atoms with Crippen molar-refractivity contribution in [3.63, 3.8) is 0 Å². The first-order valence-electron chi connectivity index (χ1n) is 4.59. The summed E-state index contributed by atoms with van der Waals surface area (Å²) in [7, 11) is 0. The molecule has 0 saturated heterocycles. The van der Waals surface area contributed by atoms with Crippen molar-refractivity contribution in [1.82, 2.24) is 9.97 Å². The number of anilines is 1. The number of aliphatic hydroxyl groups is 1. The van der Waals surface area contributed by atoms with Crippen molar-refractivity contribution in [3.05, 3.63) is 42.1 Å². The topological polar surface area (TPSA) is 72.0 Å². The minimum atomic E-state index is -0.138. The fourth-order valence-electron chi connectivity index (χ4n) is 1.27. The summed E-state index contributed by atoms with van der Waals surface area (Å²) < 4.78 is 0. The molecule has 0 bridgehead atoms. The van der Waals surface area contributed by atoms with Gasteiger partial charge in [-0.15, -0.1) is 0 Å². The highest BCUT2D eigenvalue weighted by molar-refractivity contribution is 5.57. The summed E-state index contributed by atoms with van der Waals surface area (Å²) in [4.78, 5) is 8.25. The van der Waals surface area contributed by atoms with E-state index >= 15 is 0 Å². The first kappa shape index (κ1) is 9.61. The van der Waals surface area contributed by atoms with E-state index in [0.717, 1.165) is 5.56 Å². The van der Waals surface area contributed by atoms with Crippen molar-refractivity contribution < 1.29 is 5.11 Å². The predicted octanol–water partition coefficient (Wildman–Crippen LogP) is 1.22. The van der Waals surface area contributed by atoms with Gasteiger partial charge in [-0.1, -0.05) is 30.3 Å². The molecule has 0 fully saturated rings. The van der Waals surface area contributed by atoms with Crippen molar-refractivity contribution >= 4 is 5.82 Å². The van der Waals surface area contributed by atoms with E-state index in [0.29, 0.717) is 17.2 Å². The van der Waals surface area contributed by atoms with Crippen molar-refractivity contribution in [2.45, 2.75) is 6.61 Å². The molecule has 0 amide bonds. The number of nitrogens with zero attached hydrogens (tertiary/aromatic N) is 2. The molecule has 2 rings (SSSR count). The van der Waals surface area contributed by atoms with Gasteiger partial charge in [0.25, 0.3) is 0 Å². The largest absolute Gasteiger partial charge is 0.391 e. The van der Waals surface area contributed by atoms with Crippen molar-refractivity contribution in [2.75, 3.05) is 5.73 Å². The Morgan fingerprint density at radius 2 is 1.93 bits per heavy atom. The van der Waals surface area contributed by atoms with Gasteiger partial charge in [-0.25, -0.2) is 9.97 Å². The molecule has 0 unspecified atom stereocenters. The Kier molecular flexibility index (Phi) is 2.60. The molecule has 3 N–H and O–H groups in total. The minimum Gasteiger partial charge on any atom is -0.391 e. The van der Waals surface area contributed by atoms with Crippen LogP contribution in [0.1, 0.15) is 5.56 Å². The van der Waals surface area contributed by atoms with Crippen LogP contribution in [-0.2, 0) is 6.61 Å². The molecule has 76 valence electrons. The molecule has 1 aromatic carbocycles. The van der Waals surface area contributed by atoms with Crippen LogP contribution >= 0.6 is 0 Å². The summed E-state index contributed by atoms with van der Waals surface area (Å²) in [5.74, 6) is 0.900. The van der Waals surface area contributed by atoms with E-state index in [1.165, 1.54) is 0 Å². The third-order valence-corrected chi connectivity index (χ3v) is 2.10. The van der Waals surface area contributed by atoms with Crippen LogP contribution in [0.5, 0.6) is 0 Å². The highest BCUT2D eigenvalue weighted by Gasteiger charge is 2.04. The lowest BCUT2D eigenvalue weighted by Crippen LogP contribution is -2.01. The van der Waals surface area contributed by atoms with Gasteiger partial charge in [0.1, 0.15) is 5.82 Å². The maximum absolute atomic E-state index is 8.92. The zero-order valence-corrected chi connectivity index (χ0v) is 8.09. The first-order valence-corrected chi connectivity index (χ1v) is 4.59. The fraction of sp³-hybridized carbons (Fsp3) is 0.0909. The van der Waals surface area contributed by atoms with E-state index in [4.69, 9.17) is 10.8 Å². The van der Waals surface area contributed by atoms with Crippen molar-refractivity contribution in [1.29, 1.82) is 0 Å². The van der Waals surface area contributed by atoms with Crippen LogP contribution in [0.2, 0.25) is 0 Å². The van der Waals surface area contributed by atoms with E-state index in [1.54, 1.807) is 6.20 Å². The van der Waals surface area contributed by atoms with Gasteiger partial charge >= 0.3 is 0 Å². The molecule has 4 heteroatoms. The summed E-state index contributed by atoms with van der Waals surface area (Å²) in [5, 5.41) is 8.92. The van der Waals surface area contributed by atoms with Gasteiger partial charge in [0, 0.05) is 17.3 Å². The van der Waals surface area contributed by atoms with Crippen LogP contribution in [0, 0.1) is 0 Å². The Morgan fingerprint density at radius 1 is 1.20 bits per heavy atom. The fourth-order valence-corrected chi connectivity index (χ4v) is 1.27. The van der Waals surface area contributed by atoms with Crippen LogP contribution in [-0.4, -0.2) is 15.1 Å². The van der Waals surface area contributed by atoms with E-state index in [-0.39, 0.29) is 6.61 Å². The highest BCUT2D eigenvalue weighted by Crippen LogP contribution is 2.16. The lowest BCUT2D eigenvalue weighted by molar-refractivity contribution is 0.281. The molecule has 0 aliphatic rings. The average Bonchev–Trinajstić information content (AvgIpc) is 2.30. The van der Waals surface area contributed by atoms with E-state index in [2.05, 4.69) is 9.97 Å². The van der Waals surface area contributed by atoms with Crippen LogP contribution in [0.25, 0.3) is 11.4 Å². The third kappa shape index (κ3) is 1.94. The van der Waals surface area contributed by atoms with Crippen LogP contribution < -0.4 is 5.73 Å². The van der Waals surface area contributed by atoms with Crippen molar-refractivity contribution in [2.24, 2.45) is 0 Å². The quantitative estimate of drug-likeness (QED) is 0.766. The Hall–Kier alpha value is -1.94. The van der Waals surface area contributed by atoms with E-state index < -0.39 is 0 Å². The predicted molar refractivity (Wildman–Crippen MR) is 57.8 cm³/mol. The molecule has 2 aromatic rings. The van der Waals surface area contributed by atoms with Gasteiger partial charge in [-0.2, -0.15) is 0 Å². The van der Waals surface area contributed by atoms with E-state index in [1.807, 2.05) is 30.3 Å². The molecule has 0 atom stereocenters. The Morgan fingerprint density at radius 3 is 2.53 bits per heavy atom. The number of benzene rings is 1. The highest BCUT2D eigenvalue weighted by atomic mass is 16.3. The van der Waals surface area contributed by atoms with Gasteiger partial charge in [0.05, 0.1) is 6.61 Å². The monoisotopic (exact) mass is 201 g/mol. The molecule has 1 heterocycles. The van der Waals surface area contributed by atoms with Gasteiger partial charge in [0.2, 0.25) is 0 Å². The Bertz CT molecular complexity index is 457. The average molecular weight is 201 g/mol. The minimum absolute atomic E-state index is 0.138. The number of aliphatic hydroxyl groups excluding tert-OH is 1. The molecule has 0 spiro atoms. The summed E-state index contributed by atoms with van der Waals surface area (Å²) >= 11 is 0. The summed E-state index contributed by atoms with van der Waals surface area (Å²) in [5.41, 5.74) is 7.12. The zero-order chi connectivity index (χ0) is 10.7. The number of rotatable bonds is 2. The van der Waals surface area contributed by atoms with E-state index in [9.17, 15) is 0 Å².